The number of hydrogen-bond donors (Lipinski definition) is 0. The highest BCUT2D eigenvalue weighted by Crippen LogP contribution is 2.31. The average Bonchev–Trinajstić information content (AvgIpc) is 2.97. The highest BCUT2D eigenvalue weighted by Gasteiger charge is 2.13. The third kappa shape index (κ3) is 22.1. The third-order valence-corrected chi connectivity index (χ3v) is 4.29. The van der Waals surface area contributed by atoms with Crippen LogP contribution in [0.4, 0.5) is 0 Å². The normalized spacial score (nSPS) is 12.3. The number of rotatable bonds is 13. The van der Waals surface area contributed by atoms with E-state index in [1.54, 1.807) is 6.08 Å². The van der Waals surface area contributed by atoms with Crippen LogP contribution in [0.3, 0.4) is 0 Å². The minimum Gasteiger partial charge on any atom is -0.0990 e. The molecule has 0 heteroatoms. The Morgan fingerprint density at radius 3 is 1.46 bits per heavy atom. The zero-order valence-corrected chi connectivity index (χ0v) is 26.9. The SMILES string of the molecule is C=C/C=C(C=C)/C=C(C(\C=C)=C\CCC)/C(=C/C(C=C)=C/CC)C(/C=C\C)=C/C.CC.CC.CC.CC. The van der Waals surface area contributed by atoms with Gasteiger partial charge in [-0.25, -0.2) is 0 Å². The van der Waals surface area contributed by atoms with Crippen LogP contribution >= 0.6 is 0 Å². The first-order chi connectivity index (χ1) is 18.1. The van der Waals surface area contributed by atoms with E-state index in [0.717, 1.165) is 52.7 Å². The Morgan fingerprint density at radius 1 is 0.622 bits per heavy atom. The molecule has 0 aliphatic rings. The van der Waals surface area contributed by atoms with E-state index in [9.17, 15) is 0 Å². The van der Waals surface area contributed by atoms with Crippen molar-refractivity contribution in [3.63, 3.8) is 0 Å². The zero-order chi connectivity index (χ0) is 30.1. The maximum atomic E-state index is 4.09. The molecule has 0 aliphatic carbocycles. The van der Waals surface area contributed by atoms with Crippen molar-refractivity contribution in [2.45, 2.75) is 102 Å². The van der Waals surface area contributed by atoms with E-state index in [0.29, 0.717) is 0 Å². The molecule has 0 N–H and O–H groups in total. The first-order valence-corrected chi connectivity index (χ1v) is 14.4. The summed E-state index contributed by atoms with van der Waals surface area (Å²) in [5.74, 6) is 0. The fourth-order valence-corrected chi connectivity index (χ4v) is 2.84. The van der Waals surface area contributed by atoms with Gasteiger partial charge in [-0.15, -0.1) is 0 Å². The molecule has 0 spiro atoms. The molecule has 0 unspecified atom stereocenters. The molecule has 0 saturated heterocycles. The van der Waals surface area contributed by atoms with Crippen LogP contribution < -0.4 is 0 Å². The minimum atomic E-state index is 0.952. The topological polar surface area (TPSA) is 0 Å². The lowest BCUT2D eigenvalue weighted by Crippen LogP contribution is -1.98. The summed E-state index contributed by atoms with van der Waals surface area (Å²) in [4.78, 5) is 0. The Hall–Kier alpha value is -2.86. The van der Waals surface area contributed by atoms with E-state index in [2.05, 4.69) is 89.6 Å². The van der Waals surface area contributed by atoms with Crippen molar-refractivity contribution in [3.8, 4) is 0 Å². The second kappa shape index (κ2) is 37.7. The molecule has 37 heavy (non-hydrogen) atoms. The quantitative estimate of drug-likeness (QED) is 0.218. The fraction of sp³-hybridized carbons (Fsp3) is 0.405. The molecule has 0 heterocycles. The molecule has 0 fully saturated rings. The molecule has 0 aromatic rings. The van der Waals surface area contributed by atoms with E-state index in [1.165, 1.54) is 0 Å². The zero-order valence-electron chi connectivity index (χ0n) is 26.9. The van der Waals surface area contributed by atoms with Crippen molar-refractivity contribution < 1.29 is 0 Å². The lowest BCUT2D eigenvalue weighted by Gasteiger charge is -2.17. The van der Waals surface area contributed by atoms with Gasteiger partial charge in [0.2, 0.25) is 0 Å². The van der Waals surface area contributed by atoms with Crippen LogP contribution in [0.2, 0.25) is 0 Å². The van der Waals surface area contributed by atoms with Crippen molar-refractivity contribution in [1.82, 2.24) is 0 Å². The van der Waals surface area contributed by atoms with Gasteiger partial charge in [0, 0.05) is 0 Å². The Labute approximate surface area is 234 Å². The number of hydrogen-bond acceptors (Lipinski definition) is 0. The van der Waals surface area contributed by atoms with Crippen LogP contribution in [-0.2, 0) is 0 Å². The van der Waals surface area contributed by atoms with Gasteiger partial charge in [0.1, 0.15) is 0 Å². The Balaban J connectivity index is -0.000000386. The molecule has 0 nitrogen and oxygen atoms in total. The Bertz CT molecular complexity index is 780. The highest BCUT2D eigenvalue weighted by molar-refractivity contribution is 5.65. The van der Waals surface area contributed by atoms with Gasteiger partial charge in [-0.2, -0.15) is 0 Å². The summed E-state index contributed by atoms with van der Waals surface area (Å²) >= 11 is 0. The molecule has 210 valence electrons. The van der Waals surface area contributed by atoms with Gasteiger partial charge in [0.15, 0.2) is 0 Å². The summed E-state index contributed by atoms with van der Waals surface area (Å²) in [6.45, 7) is 40.3. The van der Waals surface area contributed by atoms with Gasteiger partial charge in [-0.05, 0) is 72.3 Å². The maximum Gasteiger partial charge on any atom is -0.0103 e. The maximum absolute atomic E-state index is 4.09. The van der Waals surface area contributed by atoms with Crippen molar-refractivity contribution in [2.75, 3.05) is 0 Å². The van der Waals surface area contributed by atoms with Crippen LogP contribution in [0.5, 0.6) is 0 Å². The molecule has 0 rings (SSSR count). The predicted octanol–water partition coefficient (Wildman–Crippen LogP) is 13.2. The Kier molecular flexibility index (Phi) is 45.0. The summed E-state index contributed by atoms with van der Waals surface area (Å²) in [7, 11) is 0. The van der Waals surface area contributed by atoms with E-state index < -0.39 is 0 Å². The highest BCUT2D eigenvalue weighted by atomic mass is 14.2. The van der Waals surface area contributed by atoms with Crippen molar-refractivity contribution in [3.05, 3.63) is 133 Å². The van der Waals surface area contributed by atoms with Gasteiger partial charge in [0.25, 0.3) is 0 Å². The summed E-state index contributed by atoms with van der Waals surface area (Å²) < 4.78 is 0. The second-order valence-corrected chi connectivity index (χ2v) is 6.44. The van der Waals surface area contributed by atoms with E-state index in [-0.39, 0.29) is 0 Å². The molecule has 0 aliphatic heterocycles. The number of allylic oxidation sites excluding steroid dienone is 18. The molecule has 0 saturated carbocycles. The van der Waals surface area contributed by atoms with Gasteiger partial charge in [-0.1, -0.05) is 163 Å². The molecular formula is C37H62. The van der Waals surface area contributed by atoms with Crippen LogP contribution in [0, 0.1) is 0 Å². The first-order valence-electron chi connectivity index (χ1n) is 14.4. The average molecular weight is 507 g/mol. The first kappa shape index (κ1) is 44.2. The molecule has 0 amide bonds. The lowest BCUT2D eigenvalue weighted by atomic mass is 9.87. The predicted molar refractivity (Wildman–Crippen MR) is 180 cm³/mol. The summed E-state index contributed by atoms with van der Waals surface area (Å²) in [5.41, 5.74) is 6.60. The van der Waals surface area contributed by atoms with E-state index in [4.69, 9.17) is 0 Å². The van der Waals surface area contributed by atoms with Gasteiger partial charge >= 0.3 is 0 Å². The molecule has 0 atom stereocenters. The summed E-state index contributed by atoms with van der Waals surface area (Å²) in [5, 5.41) is 0. The monoisotopic (exact) mass is 506 g/mol. The Morgan fingerprint density at radius 2 is 1.11 bits per heavy atom. The smallest absolute Gasteiger partial charge is 0.0103 e. The molecule has 0 bridgehead atoms. The van der Waals surface area contributed by atoms with Crippen molar-refractivity contribution in [1.29, 1.82) is 0 Å². The van der Waals surface area contributed by atoms with Crippen molar-refractivity contribution >= 4 is 0 Å². The van der Waals surface area contributed by atoms with E-state index >= 15 is 0 Å². The second-order valence-electron chi connectivity index (χ2n) is 6.44. The van der Waals surface area contributed by atoms with Gasteiger partial charge < -0.3 is 0 Å². The van der Waals surface area contributed by atoms with Crippen molar-refractivity contribution in [2.24, 2.45) is 0 Å². The largest absolute Gasteiger partial charge is 0.0990 e. The van der Waals surface area contributed by atoms with Crippen LogP contribution in [0.25, 0.3) is 0 Å². The van der Waals surface area contributed by atoms with Gasteiger partial charge in [-0.3, -0.25) is 0 Å². The lowest BCUT2D eigenvalue weighted by molar-refractivity contribution is 0.953. The third-order valence-electron chi connectivity index (χ3n) is 4.29. The summed E-state index contributed by atoms with van der Waals surface area (Å²) in [6.07, 6.45) is 27.6. The van der Waals surface area contributed by atoms with Crippen LogP contribution in [0.15, 0.2) is 133 Å². The summed E-state index contributed by atoms with van der Waals surface area (Å²) in [6, 6.07) is 0. The van der Waals surface area contributed by atoms with Crippen LogP contribution in [0.1, 0.15) is 102 Å². The number of unbranched alkanes of at least 4 members (excludes halogenated alkanes) is 1. The molecule has 0 aromatic carbocycles. The standard InChI is InChI=1S/C29H38.4C2H6/c1-9-17-21-27(16-8)29(23-25(14-6)19-11-3)28(26(15-7)20-12-4)22-24(13-5)18-10-2;4*1-2/h11-16,18-23H,3,5-6,8-10,17H2,1-2,4,7H3;4*1-2H3/b20-12-,24-18+,25-19+,26-15+,27-21+,28-22+,29-23+;;;;. The fourth-order valence-electron chi connectivity index (χ4n) is 2.84. The minimum absolute atomic E-state index is 0.952. The van der Waals surface area contributed by atoms with Crippen LogP contribution in [-0.4, -0.2) is 0 Å². The van der Waals surface area contributed by atoms with E-state index in [1.807, 2.05) is 86.6 Å². The molecule has 0 aromatic heterocycles. The molecular weight excluding hydrogens is 444 g/mol. The molecule has 0 radical (unpaired) electrons. The van der Waals surface area contributed by atoms with Gasteiger partial charge in [0.05, 0.1) is 0 Å².